The van der Waals surface area contributed by atoms with Gasteiger partial charge in [-0.3, -0.25) is 24.1 Å². The summed E-state index contributed by atoms with van der Waals surface area (Å²) in [5.74, 6) is -4.59. The van der Waals surface area contributed by atoms with Crippen molar-refractivity contribution in [2.45, 2.75) is 30.7 Å². The summed E-state index contributed by atoms with van der Waals surface area (Å²) in [6.45, 7) is 0.160. The Kier molecular flexibility index (Phi) is 7.45. The molecule has 0 spiro atoms. The van der Waals surface area contributed by atoms with Crippen molar-refractivity contribution in [3.63, 3.8) is 0 Å². The quantitative estimate of drug-likeness (QED) is 0.187. The van der Waals surface area contributed by atoms with Gasteiger partial charge in [-0.2, -0.15) is 0 Å². The molecule has 49 heavy (non-hydrogen) atoms. The lowest BCUT2D eigenvalue weighted by molar-refractivity contribution is -0.141. The summed E-state index contributed by atoms with van der Waals surface area (Å²) < 4.78 is 5.40. The van der Waals surface area contributed by atoms with Gasteiger partial charge in [0.25, 0.3) is 0 Å². The van der Waals surface area contributed by atoms with E-state index in [4.69, 9.17) is 16.3 Å². The van der Waals surface area contributed by atoms with Crippen LogP contribution in [0.3, 0.4) is 0 Å². The Morgan fingerprint density at radius 1 is 0.837 bits per heavy atom. The van der Waals surface area contributed by atoms with Crippen LogP contribution < -0.4 is 9.64 Å². The number of phenols is 1. The Balaban J connectivity index is 1.34. The second kappa shape index (κ2) is 11.7. The predicted molar refractivity (Wildman–Crippen MR) is 183 cm³/mol. The number of anilines is 1. The van der Waals surface area contributed by atoms with Crippen LogP contribution in [-0.2, 0) is 31.1 Å². The van der Waals surface area contributed by atoms with Crippen LogP contribution in [0.5, 0.6) is 11.5 Å². The van der Waals surface area contributed by atoms with Crippen molar-refractivity contribution in [2.24, 2.45) is 23.7 Å². The Hall–Kier alpha value is -5.21. The minimum Gasteiger partial charge on any atom is -0.508 e. The average Bonchev–Trinajstić information content (AvgIpc) is 3.49. The fourth-order valence-corrected chi connectivity index (χ4v) is 9.15. The van der Waals surface area contributed by atoms with Gasteiger partial charge in [-0.15, -0.1) is 0 Å². The molecule has 2 aliphatic carbocycles. The Morgan fingerprint density at radius 2 is 1.57 bits per heavy atom. The zero-order valence-corrected chi connectivity index (χ0v) is 27.4. The van der Waals surface area contributed by atoms with Crippen LogP contribution in [0.1, 0.15) is 35.4 Å². The molecule has 9 heteroatoms. The standard InChI is InChI=1S/C40H33ClN2O6/c1-49-27-15-16-29(33(44)20-27)35-28-17-18-30-34(38(47)42(36(30)45)22-23-9-4-2-5-10-23)31(28)21-32-37(46)43(26-14-8-13-25(41)19-26)39(48)40(32,35)24-11-6-3-7-12-24/h2-17,19-20,30-32,34-35,44H,18,21-22H2,1H3. The molecule has 0 bridgehead atoms. The van der Waals surface area contributed by atoms with Gasteiger partial charge in [0.15, 0.2) is 0 Å². The van der Waals surface area contributed by atoms with Gasteiger partial charge >= 0.3 is 0 Å². The molecule has 4 aliphatic rings. The molecule has 4 aromatic carbocycles. The number of ether oxygens (including phenoxy) is 1. The minimum atomic E-state index is -1.47. The molecule has 0 radical (unpaired) electrons. The molecule has 2 saturated heterocycles. The molecular weight excluding hydrogens is 640 g/mol. The molecule has 2 heterocycles. The van der Waals surface area contributed by atoms with Gasteiger partial charge in [0.05, 0.1) is 42.5 Å². The number of rotatable bonds is 6. The molecule has 0 aromatic heterocycles. The SMILES string of the molecule is COc1ccc(C2C3=CCC4C(=O)N(Cc5ccccc5)C(=O)C4C3CC3C(=O)N(c4cccc(Cl)c4)C(=O)C32c2ccccc2)c(O)c1. The number of phenolic OH excluding ortho intramolecular Hbond substituents is 1. The molecule has 8 rings (SSSR count). The van der Waals surface area contributed by atoms with Crippen molar-refractivity contribution < 1.29 is 29.0 Å². The summed E-state index contributed by atoms with van der Waals surface area (Å²) in [5.41, 5.74) is 1.56. The van der Waals surface area contributed by atoms with E-state index in [9.17, 15) is 19.5 Å². The molecule has 246 valence electrons. The maximum absolute atomic E-state index is 15.3. The molecular formula is C40H33ClN2O6. The number of hydrogen-bond donors (Lipinski definition) is 1. The lowest BCUT2D eigenvalue weighted by Gasteiger charge is -2.50. The highest BCUT2D eigenvalue weighted by molar-refractivity contribution is 6.32. The van der Waals surface area contributed by atoms with Gasteiger partial charge in [-0.05, 0) is 54.2 Å². The number of benzene rings is 4. The number of fused-ring (bicyclic) bond motifs is 4. The lowest BCUT2D eigenvalue weighted by atomic mass is 9.49. The summed E-state index contributed by atoms with van der Waals surface area (Å²) in [7, 11) is 1.50. The van der Waals surface area contributed by atoms with Crippen molar-refractivity contribution in [1.82, 2.24) is 4.90 Å². The highest BCUT2D eigenvalue weighted by atomic mass is 35.5. The smallest absolute Gasteiger partial charge is 0.246 e. The molecule has 3 fully saturated rings. The molecule has 2 aliphatic heterocycles. The molecule has 1 saturated carbocycles. The number of likely N-dealkylation sites (tertiary alicyclic amines) is 1. The van der Waals surface area contributed by atoms with Crippen molar-refractivity contribution in [1.29, 1.82) is 0 Å². The molecule has 4 amide bonds. The summed E-state index contributed by atoms with van der Waals surface area (Å²) >= 11 is 6.38. The first kappa shape index (κ1) is 31.1. The van der Waals surface area contributed by atoms with Crippen LogP contribution in [0.15, 0.2) is 115 Å². The van der Waals surface area contributed by atoms with E-state index in [2.05, 4.69) is 0 Å². The predicted octanol–water partition coefficient (Wildman–Crippen LogP) is 6.42. The summed E-state index contributed by atoms with van der Waals surface area (Å²) in [6, 6.07) is 30.2. The van der Waals surface area contributed by atoms with E-state index in [1.807, 2.05) is 66.7 Å². The number of carbonyl (C=O) groups is 4. The third-order valence-corrected chi connectivity index (χ3v) is 11.2. The molecule has 1 N–H and O–H groups in total. The third kappa shape index (κ3) is 4.57. The van der Waals surface area contributed by atoms with Crippen LogP contribution in [0.25, 0.3) is 0 Å². The highest BCUT2D eigenvalue weighted by Gasteiger charge is 2.70. The number of carbonyl (C=O) groups excluding carboxylic acids is 4. The summed E-state index contributed by atoms with van der Waals surface area (Å²) in [4.78, 5) is 60.9. The first-order valence-corrected chi connectivity index (χ1v) is 16.8. The topological polar surface area (TPSA) is 104 Å². The number of halogens is 1. The zero-order valence-electron chi connectivity index (χ0n) is 26.7. The van der Waals surface area contributed by atoms with Gasteiger partial charge in [0.1, 0.15) is 11.5 Å². The van der Waals surface area contributed by atoms with Gasteiger partial charge in [0.2, 0.25) is 23.6 Å². The Labute approximate surface area is 288 Å². The minimum absolute atomic E-state index is 0.0944. The van der Waals surface area contributed by atoms with Crippen LogP contribution in [-0.4, -0.2) is 40.7 Å². The maximum atomic E-state index is 15.3. The van der Waals surface area contributed by atoms with Crippen molar-refractivity contribution in [3.8, 4) is 11.5 Å². The maximum Gasteiger partial charge on any atom is 0.246 e. The van der Waals surface area contributed by atoms with Gasteiger partial charge in [-0.1, -0.05) is 96.0 Å². The van der Waals surface area contributed by atoms with Crippen LogP contribution in [0.2, 0.25) is 5.02 Å². The van der Waals surface area contributed by atoms with E-state index in [1.54, 1.807) is 36.4 Å². The Bertz CT molecular complexity index is 2050. The highest BCUT2D eigenvalue weighted by Crippen LogP contribution is 2.65. The number of imide groups is 2. The normalized spacial score (nSPS) is 27.5. The van der Waals surface area contributed by atoms with E-state index >= 15 is 4.79 Å². The van der Waals surface area contributed by atoms with E-state index in [-0.39, 0.29) is 30.5 Å². The largest absolute Gasteiger partial charge is 0.508 e. The van der Waals surface area contributed by atoms with Crippen molar-refractivity contribution in [2.75, 3.05) is 12.0 Å². The number of nitrogens with zero attached hydrogens (tertiary/aromatic N) is 2. The lowest BCUT2D eigenvalue weighted by Crippen LogP contribution is -2.53. The van der Waals surface area contributed by atoms with E-state index in [1.165, 1.54) is 23.0 Å². The fraction of sp³-hybridized carbons (Fsp3) is 0.250. The van der Waals surface area contributed by atoms with E-state index in [0.717, 1.165) is 11.1 Å². The number of aromatic hydroxyl groups is 1. The molecule has 6 atom stereocenters. The van der Waals surface area contributed by atoms with E-state index in [0.29, 0.717) is 34.0 Å². The van der Waals surface area contributed by atoms with Gasteiger partial charge in [-0.25, -0.2) is 4.90 Å². The summed E-state index contributed by atoms with van der Waals surface area (Å²) in [5, 5.41) is 12.0. The first-order valence-electron chi connectivity index (χ1n) is 16.4. The first-order chi connectivity index (χ1) is 23.7. The number of allylic oxidation sites excluding steroid dienone is 2. The Morgan fingerprint density at radius 3 is 2.27 bits per heavy atom. The van der Waals surface area contributed by atoms with Crippen LogP contribution >= 0.6 is 11.6 Å². The van der Waals surface area contributed by atoms with Gasteiger partial charge < -0.3 is 9.84 Å². The van der Waals surface area contributed by atoms with Crippen LogP contribution in [0, 0.1) is 23.7 Å². The average molecular weight is 673 g/mol. The molecule has 8 nitrogen and oxygen atoms in total. The van der Waals surface area contributed by atoms with Gasteiger partial charge in [0, 0.05) is 22.6 Å². The molecule has 4 aromatic rings. The number of amides is 4. The number of methoxy groups -OCH3 is 1. The van der Waals surface area contributed by atoms with Crippen molar-refractivity contribution in [3.05, 3.63) is 136 Å². The van der Waals surface area contributed by atoms with E-state index < -0.39 is 46.8 Å². The van der Waals surface area contributed by atoms with Crippen molar-refractivity contribution >= 4 is 40.9 Å². The fourth-order valence-electron chi connectivity index (χ4n) is 8.97. The monoisotopic (exact) mass is 672 g/mol. The van der Waals surface area contributed by atoms with Crippen LogP contribution in [0.4, 0.5) is 5.69 Å². The zero-order chi connectivity index (χ0) is 34.0. The third-order valence-electron chi connectivity index (χ3n) is 11.0. The number of hydrogen-bond acceptors (Lipinski definition) is 6. The summed E-state index contributed by atoms with van der Waals surface area (Å²) in [6.07, 6.45) is 2.46. The second-order valence-electron chi connectivity index (χ2n) is 13.3. The second-order valence-corrected chi connectivity index (χ2v) is 13.7. The molecule has 6 unspecified atom stereocenters.